The van der Waals surface area contributed by atoms with Crippen molar-refractivity contribution in [3.05, 3.63) is 39.9 Å². The number of aryl methyl sites for hydroxylation is 1. The first kappa shape index (κ1) is 10.9. The summed E-state index contributed by atoms with van der Waals surface area (Å²) in [6, 6.07) is 5.60. The zero-order chi connectivity index (χ0) is 11.4. The van der Waals surface area contributed by atoms with Crippen LogP contribution in [-0.2, 0) is 13.0 Å². The molecular formula is C11H12N2O2S. The lowest BCUT2D eigenvalue weighted by Gasteiger charge is -1.99. The zero-order valence-corrected chi connectivity index (χ0v) is 9.71. The minimum atomic E-state index is -0.197. The molecule has 0 aliphatic carbocycles. The predicted molar refractivity (Wildman–Crippen MR) is 61.4 cm³/mol. The summed E-state index contributed by atoms with van der Waals surface area (Å²) in [5, 5.41) is 8.47. The summed E-state index contributed by atoms with van der Waals surface area (Å²) < 4.78 is 4.96. The van der Waals surface area contributed by atoms with Gasteiger partial charge in [0.25, 0.3) is 5.91 Å². The molecule has 2 aromatic heterocycles. The van der Waals surface area contributed by atoms with E-state index in [1.54, 1.807) is 17.4 Å². The third-order valence-electron chi connectivity index (χ3n) is 2.14. The van der Waals surface area contributed by atoms with Gasteiger partial charge in [0.05, 0.1) is 6.54 Å². The van der Waals surface area contributed by atoms with E-state index in [0.717, 1.165) is 17.1 Å². The highest BCUT2D eigenvalue weighted by atomic mass is 32.1. The molecule has 0 spiro atoms. The average Bonchev–Trinajstić information content (AvgIpc) is 2.96. The van der Waals surface area contributed by atoms with Gasteiger partial charge in [-0.2, -0.15) is 0 Å². The van der Waals surface area contributed by atoms with Crippen molar-refractivity contribution in [2.45, 2.75) is 19.9 Å². The maximum Gasteiger partial charge on any atom is 0.273 e. The Morgan fingerprint density at radius 2 is 2.50 bits per heavy atom. The Kier molecular flexibility index (Phi) is 3.36. The Bertz CT molecular complexity index is 462. The van der Waals surface area contributed by atoms with Gasteiger partial charge in [-0.15, -0.1) is 11.3 Å². The van der Waals surface area contributed by atoms with Crippen molar-refractivity contribution in [2.75, 3.05) is 0 Å². The van der Waals surface area contributed by atoms with Crippen LogP contribution in [-0.4, -0.2) is 11.1 Å². The van der Waals surface area contributed by atoms with Crippen LogP contribution in [0.2, 0.25) is 0 Å². The number of nitrogens with zero attached hydrogens (tertiary/aromatic N) is 1. The summed E-state index contributed by atoms with van der Waals surface area (Å²) in [7, 11) is 0. The molecule has 0 bridgehead atoms. The molecular weight excluding hydrogens is 224 g/mol. The van der Waals surface area contributed by atoms with Crippen molar-refractivity contribution in [1.82, 2.24) is 10.5 Å². The standard InChI is InChI=1S/C11H12N2O2S/c1-2-8-6-10(13-15-8)11(14)12-7-9-4-3-5-16-9/h3-6H,2,7H2,1H3,(H,12,14). The second-order valence-electron chi connectivity index (χ2n) is 3.29. The molecule has 5 heteroatoms. The molecule has 0 aliphatic rings. The van der Waals surface area contributed by atoms with Gasteiger partial charge in [0.15, 0.2) is 5.69 Å². The lowest BCUT2D eigenvalue weighted by atomic mass is 10.3. The normalized spacial score (nSPS) is 10.3. The monoisotopic (exact) mass is 236 g/mol. The summed E-state index contributed by atoms with van der Waals surface area (Å²) in [5.41, 5.74) is 0.341. The van der Waals surface area contributed by atoms with Crippen molar-refractivity contribution in [3.8, 4) is 0 Å². The molecule has 16 heavy (non-hydrogen) atoms. The third-order valence-corrected chi connectivity index (χ3v) is 3.02. The van der Waals surface area contributed by atoms with Crippen LogP contribution < -0.4 is 5.32 Å². The van der Waals surface area contributed by atoms with E-state index >= 15 is 0 Å². The van der Waals surface area contributed by atoms with Crippen LogP contribution in [0.25, 0.3) is 0 Å². The first-order valence-corrected chi connectivity index (χ1v) is 5.93. The van der Waals surface area contributed by atoms with Crippen LogP contribution >= 0.6 is 11.3 Å². The van der Waals surface area contributed by atoms with Crippen molar-refractivity contribution >= 4 is 17.2 Å². The summed E-state index contributed by atoms with van der Waals surface area (Å²) in [5.74, 6) is 0.526. The lowest BCUT2D eigenvalue weighted by Crippen LogP contribution is -2.22. The first-order chi connectivity index (χ1) is 7.79. The molecule has 84 valence electrons. The number of carbonyl (C=O) groups excluding carboxylic acids is 1. The molecule has 2 aromatic rings. The molecule has 1 amide bonds. The van der Waals surface area contributed by atoms with E-state index in [1.807, 2.05) is 24.4 Å². The Morgan fingerprint density at radius 3 is 3.12 bits per heavy atom. The number of hydrogen-bond acceptors (Lipinski definition) is 4. The lowest BCUT2D eigenvalue weighted by molar-refractivity contribution is 0.0942. The summed E-state index contributed by atoms with van der Waals surface area (Å²) in [4.78, 5) is 12.8. The highest BCUT2D eigenvalue weighted by Crippen LogP contribution is 2.08. The average molecular weight is 236 g/mol. The zero-order valence-electron chi connectivity index (χ0n) is 8.90. The quantitative estimate of drug-likeness (QED) is 0.885. The molecule has 0 saturated carbocycles. The third kappa shape index (κ3) is 2.49. The number of nitrogens with one attached hydrogen (secondary N) is 1. The summed E-state index contributed by atoms with van der Waals surface area (Å²) in [6.07, 6.45) is 0.741. The van der Waals surface area contributed by atoms with E-state index in [2.05, 4.69) is 10.5 Å². The number of rotatable bonds is 4. The van der Waals surface area contributed by atoms with Gasteiger partial charge in [0.2, 0.25) is 0 Å². The number of hydrogen-bond donors (Lipinski definition) is 1. The van der Waals surface area contributed by atoms with Crippen LogP contribution in [0.5, 0.6) is 0 Å². The van der Waals surface area contributed by atoms with Crippen LogP contribution in [0.3, 0.4) is 0 Å². The SMILES string of the molecule is CCc1cc(C(=O)NCc2cccs2)no1. The van der Waals surface area contributed by atoms with Gasteiger partial charge in [-0.05, 0) is 11.4 Å². The fourth-order valence-corrected chi connectivity index (χ4v) is 1.90. The predicted octanol–water partition coefficient (Wildman–Crippen LogP) is 2.23. The van der Waals surface area contributed by atoms with Gasteiger partial charge in [0.1, 0.15) is 5.76 Å². The molecule has 0 atom stereocenters. The van der Waals surface area contributed by atoms with E-state index < -0.39 is 0 Å². The van der Waals surface area contributed by atoms with E-state index in [0.29, 0.717) is 12.2 Å². The second kappa shape index (κ2) is 4.94. The Balaban J connectivity index is 1.93. The number of thiophene rings is 1. The molecule has 2 heterocycles. The van der Waals surface area contributed by atoms with Crippen molar-refractivity contribution in [3.63, 3.8) is 0 Å². The second-order valence-corrected chi connectivity index (χ2v) is 4.33. The molecule has 0 fully saturated rings. The Labute approximate surface area is 97.3 Å². The van der Waals surface area contributed by atoms with Crippen LogP contribution in [0.1, 0.15) is 28.0 Å². The fourth-order valence-electron chi connectivity index (χ4n) is 1.26. The molecule has 4 nitrogen and oxygen atoms in total. The van der Waals surface area contributed by atoms with Gasteiger partial charge >= 0.3 is 0 Å². The van der Waals surface area contributed by atoms with Crippen molar-refractivity contribution in [2.24, 2.45) is 0 Å². The molecule has 0 radical (unpaired) electrons. The molecule has 0 aliphatic heterocycles. The van der Waals surface area contributed by atoms with Crippen molar-refractivity contribution in [1.29, 1.82) is 0 Å². The molecule has 0 unspecified atom stereocenters. The molecule has 0 aromatic carbocycles. The molecule has 2 rings (SSSR count). The van der Waals surface area contributed by atoms with E-state index in [-0.39, 0.29) is 5.91 Å². The maximum atomic E-state index is 11.6. The largest absolute Gasteiger partial charge is 0.361 e. The highest BCUT2D eigenvalue weighted by Gasteiger charge is 2.11. The summed E-state index contributed by atoms with van der Waals surface area (Å²) in [6.45, 7) is 2.48. The van der Waals surface area contributed by atoms with Gasteiger partial charge in [0, 0.05) is 17.4 Å². The Hall–Kier alpha value is -1.62. The number of carbonyl (C=O) groups is 1. The maximum absolute atomic E-state index is 11.6. The summed E-state index contributed by atoms with van der Waals surface area (Å²) >= 11 is 1.61. The topological polar surface area (TPSA) is 55.1 Å². The van der Waals surface area contributed by atoms with Crippen LogP contribution in [0.15, 0.2) is 28.1 Å². The van der Waals surface area contributed by atoms with Crippen molar-refractivity contribution < 1.29 is 9.32 Å². The number of aromatic nitrogens is 1. The molecule has 1 N–H and O–H groups in total. The van der Waals surface area contributed by atoms with Crippen LogP contribution in [0.4, 0.5) is 0 Å². The Morgan fingerprint density at radius 1 is 1.62 bits per heavy atom. The van der Waals surface area contributed by atoms with Gasteiger partial charge in [-0.25, -0.2) is 0 Å². The minimum Gasteiger partial charge on any atom is -0.361 e. The number of amides is 1. The van der Waals surface area contributed by atoms with E-state index in [1.165, 1.54) is 0 Å². The van der Waals surface area contributed by atoms with E-state index in [4.69, 9.17) is 4.52 Å². The molecule has 0 saturated heterocycles. The highest BCUT2D eigenvalue weighted by molar-refractivity contribution is 7.09. The van der Waals surface area contributed by atoms with Gasteiger partial charge < -0.3 is 9.84 Å². The minimum absolute atomic E-state index is 0.197. The fraction of sp³-hybridized carbons (Fsp3) is 0.273. The van der Waals surface area contributed by atoms with E-state index in [9.17, 15) is 4.79 Å². The van der Waals surface area contributed by atoms with Gasteiger partial charge in [-0.1, -0.05) is 18.1 Å². The van der Waals surface area contributed by atoms with Crippen LogP contribution in [0, 0.1) is 0 Å². The first-order valence-electron chi connectivity index (χ1n) is 5.05. The smallest absolute Gasteiger partial charge is 0.273 e. The van der Waals surface area contributed by atoms with Gasteiger partial charge in [-0.3, -0.25) is 4.79 Å².